The maximum absolute atomic E-state index is 10.2. The number of hydrogen-bond acceptors (Lipinski definition) is 1. The molecule has 0 radical (unpaired) electrons. The minimum atomic E-state index is -2.08. The van der Waals surface area contributed by atoms with Gasteiger partial charge in [0.2, 0.25) is 0 Å². The first-order valence-corrected chi connectivity index (χ1v) is 3.52. The first-order chi connectivity index (χ1) is 4.30. The maximum atomic E-state index is 10.2. The Morgan fingerprint density at radius 1 is 1.22 bits per heavy atom. The van der Waals surface area contributed by atoms with Gasteiger partial charge in [0, 0.05) is 0 Å². The first kappa shape index (κ1) is 6.32. The van der Waals surface area contributed by atoms with Crippen molar-refractivity contribution in [2.45, 2.75) is 4.90 Å². The zero-order chi connectivity index (χ0) is 6.69. The summed E-state index contributed by atoms with van der Waals surface area (Å²) >= 11 is 0. The van der Waals surface area contributed by atoms with Crippen molar-refractivity contribution in [2.24, 2.45) is 0 Å². The van der Waals surface area contributed by atoms with Crippen LogP contribution in [0.5, 0.6) is 0 Å². The van der Waals surface area contributed by atoms with E-state index in [2.05, 4.69) is 0 Å². The van der Waals surface area contributed by atoms with Crippen molar-refractivity contribution in [2.75, 3.05) is 0 Å². The third-order valence-electron chi connectivity index (χ3n) is 0.936. The molecule has 0 heterocycles. The van der Waals surface area contributed by atoms with Crippen molar-refractivity contribution in [3.05, 3.63) is 30.3 Å². The molecule has 0 N–H and O–H groups in total. The Hall–Kier alpha value is -0.800. The summed E-state index contributed by atoms with van der Waals surface area (Å²) in [5.41, 5.74) is 0. The van der Waals surface area contributed by atoms with E-state index in [4.69, 9.17) is 0 Å². The molecule has 9 heavy (non-hydrogen) atoms. The van der Waals surface area contributed by atoms with Crippen LogP contribution in [-0.2, 0) is 14.6 Å². The van der Waals surface area contributed by atoms with E-state index in [0.29, 0.717) is 4.90 Å². The standard InChI is InChI=1S/C6H5O2S/c7-9(8)6-4-2-1-3-5-6/h1-5H/q+1. The monoisotopic (exact) mass is 141 g/mol. The molecule has 1 aromatic rings. The summed E-state index contributed by atoms with van der Waals surface area (Å²) in [7, 11) is -2.08. The van der Waals surface area contributed by atoms with E-state index in [9.17, 15) is 8.25 Å². The molecule has 0 unspecified atom stereocenters. The van der Waals surface area contributed by atoms with E-state index in [1.165, 1.54) is 0 Å². The molecule has 2 nitrogen and oxygen atoms in total. The molecule has 3 heteroatoms. The van der Waals surface area contributed by atoms with Crippen molar-refractivity contribution < 1.29 is 8.25 Å². The second-order valence-electron chi connectivity index (χ2n) is 1.55. The van der Waals surface area contributed by atoms with E-state index in [-0.39, 0.29) is 0 Å². The summed E-state index contributed by atoms with van der Waals surface area (Å²) in [6.45, 7) is 0. The van der Waals surface area contributed by atoms with Crippen molar-refractivity contribution in [3.63, 3.8) is 0 Å². The van der Waals surface area contributed by atoms with Crippen LogP contribution in [0.3, 0.4) is 0 Å². The molecule has 0 aliphatic carbocycles. The summed E-state index contributed by atoms with van der Waals surface area (Å²) < 4.78 is 20.4. The third kappa shape index (κ3) is 1.55. The van der Waals surface area contributed by atoms with Crippen molar-refractivity contribution in [1.82, 2.24) is 0 Å². The van der Waals surface area contributed by atoms with Crippen LogP contribution in [-0.4, -0.2) is 4.21 Å². The van der Waals surface area contributed by atoms with Crippen LogP contribution >= 0.6 is 0 Å². The molecule has 0 amide bonds. The topological polar surface area (TPSA) is 37.0 Å². The van der Waals surface area contributed by atoms with Gasteiger partial charge in [-0.1, -0.05) is 0 Å². The molecule has 0 saturated carbocycles. The van der Waals surface area contributed by atoms with Crippen LogP contribution in [0.4, 0.5) is 0 Å². The molecular formula is C6H5O2S+. The van der Waals surface area contributed by atoms with Crippen LogP contribution in [0.25, 0.3) is 0 Å². The van der Waals surface area contributed by atoms with Gasteiger partial charge in [0.1, 0.15) is 0 Å². The molecule has 0 bridgehead atoms. The van der Waals surface area contributed by atoms with E-state index >= 15 is 0 Å². The van der Waals surface area contributed by atoms with E-state index in [0.717, 1.165) is 0 Å². The van der Waals surface area contributed by atoms with Crippen molar-refractivity contribution in [3.8, 4) is 0 Å². The van der Waals surface area contributed by atoms with Crippen LogP contribution in [0.2, 0.25) is 0 Å². The summed E-state index contributed by atoms with van der Waals surface area (Å²) in [6.07, 6.45) is 0. The molecule has 0 atom stereocenters. The van der Waals surface area contributed by atoms with E-state index < -0.39 is 10.5 Å². The van der Waals surface area contributed by atoms with Gasteiger partial charge >= 0.3 is 54.0 Å². The third-order valence-corrected chi connectivity index (χ3v) is 1.59. The molecule has 0 fully saturated rings. The molecule has 0 spiro atoms. The van der Waals surface area contributed by atoms with Crippen LogP contribution < -0.4 is 0 Å². The van der Waals surface area contributed by atoms with Gasteiger partial charge in [-0.3, -0.25) is 0 Å². The molecule has 0 aliphatic rings. The Kier molecular flexibility index (Phi) is 1.87. The molecule has 0 aliphatic heterocycles. The average Bonchev–Trinajstić information content (AvgIpc) is 1.90. The predicted molar refractivity (Wildman–Crippen MR) is 33.5 cm³/mol. The quantitative estimate of drug-likeness (QED) is 0.499. The molecule has 0 aromatic heterocycles. The van der Waals surface area contributed by atoms with E-state index in [1.54, 1.807) is 30.3 Å². The summed E-state index contributed by atoms with van der Waals surface area (Å²) in [5, 5.41) is 0. The SMILES string of the molecule is O=S(#[O+])c1ccccc1. The average molecular weight is 141 g/mol. The van der Waals surface area contributed by atoms with Gasteiger partial charge in [0.25, 0.3) is 0 Å². The Morgan fingerprint density at radius 2 is 1.78 bits per heavy atom. The fraction of sp³-hybridized carbons (Fsp3) is 0. The van der Waals surface area contributed by atoms with Gasteiger partial charge < -0.3 is 0 Å². The number of rotatable bonds is 0. The Labute approximate surface area is 54.8 Å². The van der Waals surface area contributed by atoms with Crippen LogP contribution in [0.1, 0.15) is 0 Å². The fourth-order valence-electron chi connectivity index (χ4n) is 0.532. The number of hydrogen-bond donors (Lipinski definition) is 0. The molecular weight excluding hydrogens is 136 g/mol. The fourth-order valence-corrected chi connectivity index (χ4v) is 0.911. The van der Waals surface area contributed by atoms with E-state index in [1.807, 2.05) is 0 Å². The summed E-state index contributed by atoms with van der Waals surface area (Å²) in [4.78, 5) is 0.331. The van der Waals surface area contributed by atoms with Crippen molar-refractivity contribution in [1.29, 1.82) is 0 Å². The normalized spacial score (nSPS) is 8.78. The predicted octanol–water partition coefficient (Wildman–Crippen LogP) is 1.14. The second-order valence-corrected chi connectivity index (χ2v) is 2.49. The summed E-state index contributed by atoms with van der Waals surface area (Å²) in [5.74, 6) is 0. The Morgan fingerprint density at radius 3 is 2.11 bits per heavy atom. The summed E-state index contributed by atoms with van der Waals surface area (Å²) in [6, 6.07) is 8.23. The number of benzene rings is 1. The van der Waals surface area contributed by atoms with Gasteiger partial charge in [-0.25, -0.2) is 0 Å². The van der Waals surface area contributed by atoms with Crippen LogP contribution in [0, 0.1) is 0 Å². The van der Waals surface area contributed by atoms with Crippen LogP contribution in [0.15, 0.2) is 35.2 Å². The molecule has 1 rings (SSSR count). The van der Waals surface area contributed by atoms with Gasteiger partial charge in [-0.2, -0.15) is 0 Å². The van der Waals surface area contributed by atoms with Crippen molar-refractivity contribution >= 4 is 10.5 Å². The van der Waals surface area contributed by atoms with Gasteiger partial charge in [0.15, 0.2) is 0 Å². The molecule has 1 aromatic carbocycles. The first-order valence-electron chi connectivity index (χ1n) is 2.45. The molecule has 0 saturated heterocycles. The molecule has 46 valence electrons. The van der Waals surface area contributed by atoms with Gasteiger partial charge in [-0.15, -0.1) is 0 Å². The van der Waals surface area contributed by atoms with Gasteiger partial charge in [-0.05, 0) is 0 Å². The minimum absolute atomic E-state index is 0.331. The second kappa shape index (κ2) is 2.66. The zero-order valence-corrected chi connectivity index (χ0v) is 5.43. The zero-order valence-electron chi connectivity index (χ0n) is 4.61. The Bertz CT molecular complexity index is 298. The Balaban J connectivity index is 3.18. The van der Waals surface area contributed by atoms with Gasteiger partial charge in [0.05, 0.1) is 0 Å².